The first-order valence-corrected chi connectivity index (χ1v) is 13.2. The topological polar surface area (TPSA) is 75.7 Å². The van der Waals surface area contributed by atoms with Gasteiger partial charge in [-0.1, -0.05) is 25.0 Å². The van der Waals surface area contributed by atoms with Gasteiger partial charge in [0.25, 0.3) is 5.91 Å². The molecule has 1 amide bonds. The molecule has 2 aromatic carbocycles. The molecule has 0 aliphatic carbocycles. The Bertz CT molecular complexity index is 1100. The second-order valence-electron chi connectivity index (χ2n) is 8.01. The van der Waals surface area contributed by atoms with E-state index in [-0.39, 0.29) is 28.1 Å². The summed E-state index contributed by atoms with van der Waals surface area (Å²) >= 11 is 1.44. The summed E-state index contributed by atoms with van der Waals surface area (Å²) in [4.78, 5) is 13.6. The van der Waals surface area contributed by atoms with Crippen molar-refractivity contribution in [2.45, 2.75) is 47.9 Å². The lowest BCUT2D eigenvalue weighted by molar-refractivity contribution is 0.0934. The molecule has 2 aromatic rings. The first-order valence-electron chi connectivity index (χ1n) is 10.8. The minimum absolute atomic E-state index is 0.000180. The van der Waals surface area contributed by atoms with E-state index in [1.807, 2.05) is 6.07 Å². The zero-order valence-corrected chi connectivity index (χ0v) is 19.6. The summed E-state index contributed by atoms with van der Waals surface area (Å²) in [5.74, 6) is 0.219. The van der Waals surface area contributed by atoms with Gasteiger partial charge in [-0.25, -0.2) is 12.8 Å². The summed E-state index contributed by atoms with van der Waals surface area (Å²) in [7, 11) is -2.38. The van der Waals surface area contributed by atoms with Crippen LogP contribution in [0.15, 0.2) is 46.2 Å². The molecule has 4 rings (SSSR count). The number of rotatable bonds is 5. The van der Waals surface area contributed by atoms with Crippen molar-refractivity contribution in [3.63, 3.8) is 0 Å². The van der Waals surface area contributed by atoms with E-state index in [1.165, 1.54) is 41.4 Å². The molecule has 0 bridgehead atoms. The lowest BCUT2D eigenvalue weighted by Crippen LogP contribution is -2.33. The van der Waals surface area contributed by atoms with E-state index >= 15 is 0 Å². The Morgan fingerprint density at radius 1 is 1.16 bits per heavy atom. The third-order valence-electron chi connectivity index (χ3n) is 5.94. The first-order chi connectivity index (χ1) is 15.4. The SMILES string of the molecule is COc1ccc(C(=O)N[C@H]2CCSc3c(F)cccc32)cc1S(=O)(=O)N1CCCCCC1. The van der Waals surface area contributed by atoms with Crippen molar-refractivity contribution in [1.82, 2.24) is 9.62 Å². The molecule has 0 radical (unpaired) electrons. The zero-order chi connectivity index (χ0) is 22.7. The number of hydrogen-bond donors (Lipinski definition) is 1. The maximum atomic E-state index is 14.2. The molecule has 32 heavy (non-hydrogen) atoms. The number of benzene rings is 2. The highest BCUT2D eigenvalue weighted by Crippen LogP contribution is 2.38. The molecule has 6 nitrogen and oxygen atoms in total. The molecule has 0 spiro atoms. The fraction of sp³-hybridized carbons (Fsp3) is 0.435. The van der Waals surface area contributed by atoms with Gasteiger partial charge in [-0.2, -0.15) is 4.31 Å². The highest BCUT2D eigenvalue weighted by molar-refractivity contribution is 7.99. The van der Waals surface area contributed by atoms with Crippen LogP contribution in [0.2, 0.25) is 0 Å². The Labute approximate surface area is 192 Å². The molecular formula is C23H27FN2O4S2. The van der Waals surface area contributed by atoms with Gasteiger partial charge in [-0.3, -0.25) is 4.79 Å². The number of hydrogen-bond acceptors (Lipinski definition) is 5. The Morgan fingerprint density at radius 3 is 2.62 bits per heavy atom. The van der Waals surface area contributed by atoms with Gasteiger partial charge in [0, 0.05) is 29.3 Å². The van der Waals surface area contributed by atoms with Gasteiger partial charge in [0.15, 0.2) is 0 Å². The highest BCUT2D eigenvalue weighted by atomic mass is 32.2. The fourth-order valence-electron chi connectivity index (χ4n) is 4.22. The molecule has 172 valence electrons. The minimum atomic E-state index is -3.80. The van der Waals surface area contributed by atoms with E-state index in [0.29, 0.717) is 30.2 Å². The molecule has 2 aliphatic heterocycles. The quantitative estimate of drug-likeness (QED) is 0.691. The van der Waals surface area contributed by atoms with E-state index in [1.54, 1.807) is 12.1 Å². The van der Waals surface area contributed by atoms with E-state index < -0.39 is 15.9 Å². The molecule has 9 heteroatoms. The third-order valence-corrected chi connectivity index (χ3v) is 9.02. The van der Waals surface area contributed by atoms with Crippen molar-refractivity contribution in [2.75, 3.05) is 26.0 Å². The number of nitrogens with zero attached hydrogens (tertiary/aromatic N) is 1. The van der Waals surface area contributed by atoms with E-state index in [2.05, 4.69) is 5.32 Å². The minimum Gasteiger partial charge on any atom is -0.495 e. The second kappa shape index (κ2) is 9.80. The third kappa shape index (κ3) is 4.65. The van der Waals surface area contributed by atoms with Crippen LogP contribution in [0.5, 0.6) is 5.75 Å². The van der Waals surface area contributed by atoms with Gasteiger partial charge in [0.05, 0.1) is 13.2 Å². The number of carbonyl (C=O) groups excluding carboxylic acids is 1. The summed E-state index contributed by atoms with van der Waals surface area (Å²) in [6, 6.07) is 9.00. The van der Waals surface area contributed by atoms with Gasteiger partial charge >= 0.3 is 0 Å². The Hall–Kier alpha value is -2.10. The smallest absolute Gasteiger partial charge is 0.251 e. The average Bonchev–Trinajstić information content (AvgIpc) is 3.09. The van der Waals surface area contributed by atoms with Crippen LogP contribution in [0, 0.1) is 5.82 Å². The van der Waals surface area contributed by atoms with E-state index in [9.17, 15) is 17.6 Å². The van der Waals surface area contributed by atoms with Crippen molar-refractivity contribution in [3.8, 4) is 5.75 Å². The molecule has 1 N–H and O–H groups in total. The monoisotopic (exact) mass is 478 g/mol. The second-order valence-corrected chi connectivity index (χ2v) is 11.0. The number of ether oxygens (including phenoxy) is 1. The number of sulfonamides is 1. The fourth-order valence-corrected chi connectivity index (χ4v) is 7.06. The van der Waals surface area contributed by atoms with Crippen molar-refractivity contribution in [2.24, 2.45) is 0 Å². The first kappa shape index (κ1) is 23.1. The van der Waals surface area contributed by atoms with Crippen molar-refractivity contribution in [3.05, 3.63) is 53.3 Å². The van der Waals surface area contributed by atoms with Crippen LogP contribution in [0.4, 0.5) is 4.39 Å². The number of nitrogens with one attached hydrogen (secondary N) is 1. The van der Waals surface area contributed by atoms with Crippen molar-refractivity contribution >= 4 is 27.7 Å². The van der Waals surface area contributed by atoms with Crippen LogP contribution >= 0.6 is 11.8 Å². The molecule has 0 unspecified atom stereocenters. The standard InChI is InChI=1S/C23H27FN2O4S2/c1-30-20-10-9-16(15-21(20)32(28,29)26-12-4-2-3-5-13-26)23(27)25-19-11-14-31-22-17(19)7-6-8-18(22)24/h6-10,15,19H,2-5,11-14H2,1H3,(H,25,27)/t19-/m0/s1. The average molecular weight is 479 g/mol. The van der Waals surface area contributed by atoms with Gasteiger partial charge in [-0.05, 0) is 49.1 Å². The van der Waals surface area contributed by atoms with Gasteiger partial charge < -0.3 is 10.1 Å². The predicted molar refractivity (Wildman–Crippen MR) is 122 cm³/mol. The molecule has 2 heterocycles. The summed E-state index contributed by atoms with van der Waals surface area (Å²) < 4.78 is 47.7. The van der Waals surface area contributed by atoms with Crippen LogP contribution in [-0.2, 0) is 10.0 Å². The van der Waals surface area contributed by atoms with Crippen LogP contribution in [0.3, 0.4) is 0 Å². The number of amides is 1. The van der Waals surface area contributed by atoms with E-state index in [0.717, 1.165) is 31.2 Å². The van der Waals surface area contributed by atoms with Crippen molar-refractivity contribution < 1.29 is 22.3 Å². The van der Waals surface area contributed by atoms with Crippen LogP contribution in [-0.4, -0.2) is 44.6 Å². The Kier molecular flexibility index (Phi) is 7.07. The molecule has 0 saturated carbocycles. The Morgan fingerprint density at radius 2 is 1.91 bits per heavy atom. The van der Waals surface area contributed by atoms with Gasteiger partial charge in [-0.15, -0.1) is 11.8 Å². The van der Waals surface area contributed by atoms with Crippen LogP contribution < -0.4 is 10.1 Å². The highest BCUT2D eigenvalue weighted by Gasteiger charge is 2.30. The molecule has 1 fully saturated rings. The zero-order valence-electron chi connectivity index (χ0n) is 18.0. The largest absolute Gasteiger partial charge is 0.495 e. The molecule has 0 aromatic heterocycles. The van der Waals surface area contributed by atoms with Gasteiger partial charge in [0.2, 0.25) is 10.0 Å². The van der Waals surface area contributed by atoms with E-state index in [4.69, 9.17) is 4.74 Å². The van der Waals surface area contributed by atoms with Crippen molar-refractivity contribution in [1.29, 1.82) is 0 Å². The molecule has 1 atom stereocenters. The number of methoxy groups -OCH3 is 1. The van der Waals surface area contributed by atoms with Gasteiger partial charge in [0.1, 0.15) is 16.5 Å². The van der Waals surface area contributed by atoms with Crippen LogP contribution in [0.25, 0.3) is 0 Å². The molecule has 1 saturated heterocycles. The molecular weight excluding hydrogens is 451 g/mol. The predicted octanol–water partition coefficient (Wildman–Crippen LogP) is 4.37. The molecule has 2 aliphatic rings. The number of halogens is 1. The van der Waals surface area contributed by atoms with Crippen LogP contribution in [0.1, 0.15) is 54.1 Å². The number of fused-ring (bicyclic) bond motifs is 1. The lowest BCUT2D eigenvalue weighted by Gasteiger charge is -2.26. The summed E-state index contributed by atoms with van der Waals surface area (Å²) in [5.41, 5.74) is 0.982. The number of carbonyl (C=O) groups is 1. The summed E-state index contributed by atoms with van der Waals surface area (Å²) in [6.45, 7) is 0.925. The maximum absolute atomic E-state index is 14.2. The number of thioether (sulfide) groups is 1. The maximum Gasteiger partial charge on any atom is 0.251 e. The normalized spacial score (nSPS) is 19.6. The summed E-state index contributed by atoms with van der Waals surface area (Å²) in [5, 5.41) is 2.96. The summed E-state index contributed by atoms with van der Waals surface area (Å²) in [6.07, 6.45) is 4.32. The lowest BCUT2D eigenvalue weighted by atomic mass is 10.0. The Balaban J connectivity index is 1.61.